The molecule has 2 heterocycles. The predicted octanol–water partition coefficient (Wildman–Crippen LogP) is 0.590. The SMILES string of the molecule is CN1CC(=O)N(c2ccccc2-c2cc(C(=O)O)nn2C)CC1=O. The molecule has 1 N–H and O–H groups in total. The monoisotopic (exact) mass is 328 g/mol. The highest BCUT2D eigenvalue weighted by Gasteiger charge is 2.30. The van der Waals surface area contributed by atoms with Gasteiger partial charge < -0.3 is 14.9 Å². The second-order valence-electron chi connectivity index (χ2n) is 5.59. The number of hydrogen-bond donors (Lipinski definition) is 1. The van der Waals surface area contributed by atoms with Gasteiger partial charge in [0.1, 0.15) is 6.54 Å². The van der Waals surface area contributed by atoms with E-state index < -0.39 is 5.97 Å². The van der Waals surface area contributed by atoms with E-state index in [-0.39, 0.29) is 30.6 Å². The zero-order chi connectivity index (χ0) is 17.4. The third-order valence-electron chi connectivity index (χ3n) is 3.96. The van der Waals surface area contributed by atoms with Gasteiger partial charge in [-0.1, -0.05) is 18.2 Å². The number of amides is 2. The molecule has 2 amide bonds. The van der Waals surface area contributed by atoms with E-state index in [2.05, 4.69) is 5.10 Å². The Hall–Kier alpha value is -3.16. The van der Waals surface area contributed by atoms with E-state index in [9.17, 15) is 14.4 Å². The summed E-state index contributed by atoms with van der Waals surface area (Å²) in [5.74, 6) is -1.47. The van der Waals surface area contributed by atoms with Crippen molar-refractivity contribution in [2.45, 2.75) is 0 Å². The van der Waals surface area contributed by atoms with Gasteiger partial charge in [0, 0.05) is 19.7 Å². The first-order valence-electron chi connectivity index (χ1n) is 7.29. The standard InChI is InChI=1S/C16H16N4O4/c1-18-8-15(22)20(9-14(18)21)12-6-4-3-5-10(12)13-7-11(16(23)24)17-19(13)2/h3-7H,8-9H2,1-2H3,(H,23,24). The molecule has 0 atom stereocenters. The maximum atomic E-state index is 12.3. The number of likely N-dealkylation sites (N-methyl/N-ethyl adjacent to an activating group) is 1. The molecule has 124 valence electrons. The zero-order valence-corrected chi connectivity index (χ0v) is 13.3. The molecule has 1 aromatic carbocycles. The van der Waals surface area contributed by atoms with E-state index in [4.69, 9.17) is 5.11 Å². The van der Waals surface area contributed by atoms with Crippen LogP contribution in [0.1, 0.15) is 10.5 Å². The number of hydrogen-bond acceptors (Lipinski definition) is 4. The molecule has 1 saturated heterocycles. The minimum absolute atomic E-state index is 0.0128. The van der Waals surface area contributed by atoms with Gasteiger partial charge in [0.15, 0.2) is 5.69 Å². The van der Waals surface area contributed by atoms with E-state index in [0.717, 1.165) is 0 Å². The minimum atomic E-state index is -1.12. The largest absolute Gasteiger partial charge is 0.476 e. The summed E-state index contributed by atoms with van der Waals surface area (Å²) in [7, 11) is 3.22. The van der Waals surface area contributed by atoms with E-state index in [0.29, 0.717) is 16.9 Å². The van der Waals surface area contributed by atoms with Gasteiger partial charge in [-0.15, -0.1) is 0 Å². The van der Waals surface area contributed by atoms with Gasteiger partial charge in [0.05, 0.1) is 17.9 Å². The molecule has 0 aliphatic carbocycles. The highest BCUT2D eigenvalue weighted by molar-refractivity contribution is 6.06. The number of carboxylic acids is 1. The van der Waals surface area contributed by atoms with E-state index in [1.807, 2.05) is 0 Å². The van der Waals surface area contributed by atoms with Crippen LogP contribution in [-0.4, -0.2) is 57.7 Å². The molecule has 1 aromatic heterocycles. The first-order valence-corrected chi connectivity index (χ1v) is 7.29. The number of para-hydroxylation sites is 1. The Bertz CT molecular complexity index is 842. The Balaban J connectivity index is 2.07. The number of aromatic nitrogens is 2. The Kier molecular flexibility index (Phi) is 3.80. The van der Waals surface area contributed by atoms with Crippen LogP contribution < -0.4 is 4.90 Å². The molecule has 8 nitrogen and oxygen atoms in total. The quantitative estimate of drug-likeness (QED) is 0.890. The van der Waals surface area contributed by atoms with Gasteiger partial charge in [0.2, 0.25) is 11.8 Å². The molecule has 1 fully saturated rings. The van der Waals surface area contributed by atoms with Crippen LogP contribution in [0.5, 0.6) is 0 Å². The van der Waals surface area contributed by atoms with Crippen LogP contribution in [0.3, 0.4) is 0 Å². The second-order valence-corrected chi connectivity index (χ2v) is 5.59. The van der Waals surface area contributed by atoms with Crippen molar-refractivity contribution in [3.63, 3.8) is 0 Å². The molecule has 24 heavy (non-hydrogen) atoms. The fourth-order valence-electron chi connectivity index (χ4n) is 2.69. The van der Waals surface area contributed by atoms with Crippen LogP contribution in [0.2, 0.25) is 0 Å². The topological polar surface area (TPSA) is 95.7 Å². The summed E-state index contributed by atoms with van der Waals surface area (Å²) in [6, 6.07) is 8.51. The third-order valence-corrected chi connectivity index (χ3v) is 3.96. The third kappa shape index (κ3) is 2.62. The number of carboxylic acid groups (broad SMARTS) is 1. The lowest BCUT2D eigenvalue weighted by Gasteiger charge is -2.32. The normalized spacial score (nSPS) is 15.1. The molecule has 0 unspecified atom stereocenters. The van der Waals surface area contributed by atoms with Gasteiger partial charge >= 0.3 is 5.97 Å². The second kappa shape index (κ2) is 5.80. The summed E-state index contributed by atoms with van der Waals surface area (Å²) in [6.45, 7) is -0.0328. The lowest BCUT2D eigenvalue weighted by Crippen LogP contribution is -2.52. The Morgan fingerprint density at radius 2 is 1.83 bits per heavy atom. The van der Waals surface area contributed by atoms with E-state index >= 15 is 0 Å². The smallest absolute Gasteiger partial charge is 0.356 e. The summed E-state index contributed by atoms with van der Waals surface area (Å²) in [6.07, 6.45) is 0. The van der Waals surface area contributed by atoms with Crippen molar-refractivity contribution in [3.8, 4) is 11.3 Å². The van der Waals surface area contributed by atoms with Crippen LogP contribution in [-0.2, 0) is 16.6 Å². The number of carbonyl (C=O) groups excluding carboxylic acids is 2. The molecule has 3 rings (SSSR count). The summed E-state index contributed by atoms with van der Waals surface area (Å²) in [4.78, 5) is 38.2. The van der Waals surface area contributed by atoms with Crippen LogP contribution in [0.25, 0.3) is 11.3 Å². The molecule has 2 aromatic rings. The lowest BCUT2D eigenvalue weighted by molar-refractivity contribution is -0.136. The predicted molar refractivity (Wildman–Crippen MR) is 85.6 cm³/mol. The molecule has 0 saturated carbocycles. The fraction of sp³-hybridized carbons (Fsp3) is 0.250. The Morgan fingerprint density at radius 1 is 1.12 bits per heavy atom. The minimum Gasteiger partial charge on any atom is -0.476 e. The van der Waals surface area contributed by atoms with E-state index in [1.165, 1.54) is 20.5 Å². The number of anilines is 1. The maximum absolute atomic E-state index is 12.3. The maximum Gasteiger partial charge on any atom is 0.356 e. The number of nitrogens with zero attached hydrogens (tertiary/aromatic N) is 4. The first kappa shape index (κ1) is 15.7. The zero-order valence-electron chi connectivity index (χ0n) is 13.3. The van der Waals surface area contributed by atoms with Crippen molar-refractivity contribution in [1.82, 2.24) is 14.7 Å². The number of carbonyl (C=O) groups is 3. The Morgan fingerprint density at radius 3 is 2.50 bits per heavy atom. The fourth-order valence-corrected chi connectivity index (χ4v) is 2.69. The molecule has 1 aliphatic heterocycles. The van der Waals surface area contributed by atoms with Crippen LogP contribution in [0.4, 0.5) is 5.69 Å². The number of aryl methyl sites for hydroxylation is 1. The van der Waals surface area contributed by atoms with Gasteiger partial charge in [-0.05, 0) is 12.1 Å². The number of piperazine rings is 1. The first-order chi connectivity index (χ1) is 11.4. The van der Waals surface area contributed by atoms with Crippen molar-refractivity contribution in [1.29, 1.82) is 0 Å². The number of benzene rings is 1. The molecule has 8 heteroatoms. The van der Waals surface area contributed by atoms with Gasteiger partial charge in [-0.3, -0.25) is 14.3 Å². The summed E-state index contributed by atoms with van der Waals surface area (Å²) < 4.78 is 1.45. The van der Waals surface area contributed by atoms with E-state index in [1.54, 1.807) is 38.4 Å². The molecule has 0 bridgehead atoms. The summed E-state index contributed by atoms with van der Waals surface area (Å²) >= 11 is 0. The van der Waals surface area contributed by atoms with Crippen LogP contribution in [0.15, 0.2) is 30.3 Å². The summed E-state index contributed by atoms with van der Waals surface area (Å²) in [5, 5.41) is 13.1. The lowest BCUT2D eigenvalue weighted by atomic mass is 10.1. The van der Waals surface area contributed by atoms with Crippen molar-refractivity contribution < 1.29 is 19.5 Å². The number of aromatic carboxylic acids is 1. The molecular weight excluding hydrogens is 312 g/mol. The molecule has 0 spiro atoms. The Labute approximate surface area is 137 Å². The average molecular weight is 328 g/mol. The molecule has 1 aliphatic rings. The van der Waals surface area contributed by atoms with Crippen molar-refractivity contribution in [2.24, 2.45) is 7.05 Å². The average Bonchev–Trinajstić information content (AvgIpc) is 2.93. The van der Waals surface area contributed by atoms with Crippen LogP contribution >= 0.6 is 0 Å². The van der Waals surface area contributed by atoms with Gasteiger partial charge in [-0.2, -0.15) is 5.10 Å². The molecule has 0 radical (unpaired) electrons. The van der Waals surface area contributed by atoms with Crippen molar-refractivity contribution >= 4 is 23.5 Å². The number of rotatable bonds is 3. The summed E-state index contributed by atoms with van der Waals surface area (Å²) in [5.41, 5.74) is 1.68. The van der Waals surface area contributed by atoms with Gasteiger partial charge in [0.25, 0.3) is 0 Å². The van der Waals surface area contributed by atoms with Gasteiger partial charge in [-0.25, -0.2) is 4.79 Å². The van der Waals surface area contributed by atoms with Crippen molar-refractivity contribution in [3.05, 3.63) is 36.0 Å². The highest BCUT2D eigenvalue weighted by atomic mass is 16.4. The van der Waals surface area contributed by atoms with Crippen LogP contribution in [0, 0.1) is 0 Å². The highest BCUT2D eigenvalue weighted by Crippen LogP contribution is 2.32. The molecular formula is C16H16N4O4. The van der Waals surface area contributed by atoms with Crippen molar-refractivity contribution in [2.75, 3.05) is 25.0 Å².